The molecule has 158 valence electrons. The molecular weight excluding hydrogens is 400 g/mol. The smallest absolute Gasteiger partial charge is 0.327 e. The van der Waals surface area contributed by atoms with E-state index < -0.39 is 9.84 Å². The van der Waals surface area contributed by atoms with E-state index in [1.54, 1.807) is 29.8 Å². The van der Waals surface area contributed by atoms with Crippen LogP contribution in [0, 0.1) is 0 Å². The van der Waals surface area contributed by atoms with Crippen LogP contribution in [0.3, 0.4) is 0 Å². The molecule has 0 bridgehead atoms. The summed E-state index contributed by atoms with van der Waals surface area (Å²) >= 11 is 0. The van der Waals surface area contributed by atoms with Gasteiger partial charge in [0.25, 0.3) is 0 Å². The predicted molar refractivity (Wildman–Crippen MR) is 117 cm³/mol. The maximum absolute atomic E-state index is 12.0. The first-order valence-electron chi connectivity index (χ1n) is 9.83. The Bertz CT molecular complexity index is 1150. The van der Waals surface area contributed by atoms with Crippen molar-refractivity contribution in [1.29, 1.82) is 0 Å². The van der Waals surface area contributed by atoms with Crippen LogP contribution in [-0.2, 0) is 25.9 Å². The van der Waals surface area contributed by atoms with Crippen LogP contribution in [0.5, 0.6) is 0 Å². The molecule has 6 nitrogen and oxygen atoms in total. The van der Waals surface area contributed by atoms with Crippen LogP contribution in [0.4, 0.5) is 0 Å². The number of carbonyl (C=O) groups excluding carboxylic acids is 1. The van der Waals surface area contributed by atoms with Crippen LogP contribution in [-0.4, -0.2) is 37.0 Å². The lowest BCUT2D eigenvalue weighted by Gasteiger charge is -2.09. The zero-order valence-corrected chi connectivity index (χ0v) is 18.4. The average Bonchev–Trinajstić information content (AvgIpc) is 3.12. The number of hydrogen-bond acceptors (Lipinski definition) is 5. The first kappa shape index (κ1) is 21.8. The monoisotopic (exact) mass is 426 g/mol. The van der Waals surface area contributed by atoms with Gasteiger partial charge in [0.05, 0.1) is 22.9 Å². The van der Waals surface area contributed by atoms with Gasteiger partial charge in [0.2, 0.25) is 0 Å². The molecule has 0 aliphatic rings. The number of esters is 1. The van der Waals surface area contributed by atoms with Gasteiger partial charge in [-0.1, -0.05) is 50.2 Å². The van der Waals surface area contributed by atoms with Crippen molar-refractivity contribution >= 4 is 15.8 Å². The van der Waals surface area contributed by atoms with E-state index in [1.165, 1.54) is 6.26 Å². The summed E-state index contributed by atoms with van der Waals surface area (Å²) in [5.41, 5.74) is 4.39. The summed E-state index contributed by atoms with van der Waals surface area (Å²) in [5, 5.41) is 4.58. The molecule has 1 heterocycles. The van der Waals surface area contributed by atoms with Gasteiger partial charge in [-0.3, -0.25) is 9.48 Å². The largest absolute Gasteiger partial charge is 0.465 e. The number of sulfone groups is 1. The SMILES string of the molecule is CCOC(=O)Cn1nc(C(C)C)cc1-c1ccc(-c2cccc(S(C)(=O)=O)c2)cc1. The molecular formula is C23H26N2O4S. The summed E-state index contributed by atoms with van der Waals surface area (Å²) in [5.74, 6) is -0.100. The Morgan fingerprint density at radius 1 is 1.03 bits per heavy atom. The zero-order valence-electron chi connectivity index (χ0n) is 17.6. The van der Waals surface area contributed by atoms with Gasteiger partial charge in [-0.05, 0) is 47.7 Å². The van der Waals surface area contributed by atoms with E-state index in [9.17, 15) is 13.2 Å². The molecule has 30 heavy (non-hydrogen) atoms. The fraction of sp³-hybridized carbons (Fsp3) is 0.304. The molecule has 0 amide bonds. The number of aromatic nitrogens is 2. The summed E-state index contributed by atoms with van der Waals surface area (Å²) in [6.07, 6.45) is 1.20. The third kappa shape index (κ3) is 4.97. The van der Waals surface area contributed by atoms with Crippen LogP contribution >= 0.6 is 0 Å². The summed E-state index contributed by atoms with van der Waals surface area (Å²) in [6, 6.07) is 16.6. The molecule has 2 aromatic carbocycles. The van der Waals surface area contributed by atoms with Gasteiger partial charge < -0.3 is 4.74 Å². The molecule has 7 heteroatoms. The van der Waals surface area contributed by atoms with Crippen molar-refractivity contribution in [3.8, 4) is 22.4 Å². The van der Waals surface area contributed by atoms with E-state index in [-0.39, 0.29) is 23.3 Å². The van der Waals surface area contributed by atoms with Crippen LogP contribution in [0.25, 0.3) is 22.4 Å². The summed E-state index contributed by atoms with van der Waals surface area (Å²) < 4.78 is 30.4. The third-order valence-corrected chi connectivity index (χ3v) is 5.86. The van der Waals surface area contributed by atoms with Gasteiger partial charge in [-0.15, -0.1) is 0 Å². The third-order valence-electron chi connectivity index (χ3n) is 4.75. The maximum Gasteiger partial charge on any atom is 0.327 e. The second kappa shape index (κ2) is 8.83. The quantitative estimate of drug-likeness (QED) is 0.526. The highest BCUT2D eigenvalue weighted by Gasteiger charge is 2.16. The number of rotatable bonds is 7. The van der Waals surface area contributed by atoms with Gasteiger partial charge in [-0.2, -0.15) is 5.10 Å². The Kier molecular flexibility index (Phi) is 6.41. The standard InChI is InChI=1S/C23H26N2O4S/c1-5-29-23(26)15-25-22(14-21(24-25)16(2)3)18-11-9-17(10-12-18)19-7-6-8-20(13-19)30(4,27)28/h6-14,16H,5,15H2,1-4H3. The Labute approximate surface area is 177 Å². The molecule has 0 atom stereocenters. The van der Waals surface area contributed by atoms with E-state index in [4.69, 9.17) is 4.74 Å². The molecule has 0 N–H and O–H groups in total. The normalized spacial score (nSPS) is 11.6. The fourth-order valence-electron chi connectivity index (χ4n) is 3.14. The van der Waals surface area contributed by atoms with E-state index in [2.05, 4.69) is 18.9 Å². The minimum Gasteiger partial charge on any atom is -0.465 e. The summed E-state index contributed by atoms with van der Waals surface area (Å²) in [6.45, 7) is 6.26. The van der Waals surface area contributed by atoms with Crippen molar-refractivity contribution < 1.29 is 17.9 Å². The van der Waals surface area contributed by atoms with Crippen LogP contribution in [0.1, 0.15) is 32.4 Å². The molecule has 0 spiro atoms. The van der Waals surface area contributed by atoms with Crippen molar-refractivity contribution in [2.45, 2.75) is 38.1 Å². The molecule has 0 saturated heterocycles. The van der Waals surface area contributed by atoms with Gasteiger partial charge in [0.1, 0.15) is 6.54 Å². The Morgan fingerprint density at radius 2 is 1.70 bits per heavy atom. The number of hydrogen-bond donors (Lipinski definition) is 0. The summed E-state index contributed by atoms with van der Waals surface area (Å²) in [7, 11) is -3.27. The molecule has 1 aromatic heterocycles. The predicted octanol–water partition coefficient (Wildman–Crippen LogP) is 4.31. The minimum atomic E-state index is -3.27. The second-order valence-electron chi connectivity index (χ2n) is 7.45. The number of nitrogens with zero attached hydrogens (tertiary/aromatic N) is 2. The lowest BCUT2D eigenvalue weighted by atomic mass is 10.0. The Morgan fingerprint density at radius 3 is 2.30 bits per heavy atom. The van der Waals surface area contributed by atoms with Gasteiger partial charge in [0.15, 0.2) is 9.84 Å². The van der Waals surface area contributed by atoms with E-state index in [0.717, 1.165) is 28.1 Å². The maximum atomic E-state index is 12.0. The van der Waals surface area contributed by atoms with Crippen LogP contribution in [0.2, 0.25) is 0 Å². The molecule has 0 aliphatic heterocycles. The molecule has 0 fully saturated rings. The van der Waals surface area contributed by atoms with Crippen LogP contribution in [0.15, 0.2) is 59.5 Å². The lowest BCUT2D eigenvalue weighted by molar-refractivity contribution is -0.144. The summed E-state index contributed by atoms with van der Waals surface area (Å²) in [4.78, 5) is 12.3. The molecule has 3 rings (SSSR count). The Balaban J connectivity index is 1.95. The van der Waals surface area contributed by atoms with Gasteiger partial charge in [-0.25, -0.2) is 8.42 Å². The highest BCUT2D eigenvalue weighted by Crippen LogP contribution is 2.28. The van der Waals surface area contributed by atoms with E-state index in [0.29, 0.717) is 6.61 Å². The van der Waals surface area contributed by atoms with Crippen molar-refractivity contribution in [1.82, 2.24) is 9.78 Å². The molecule has 0 saturated carbocycles. The van der Waals surface area contributed by atoms with Crippen molar-refractivity contribution in [3.05, 3.63) is 60.3 Å². The first-order valence-corrected chi connectivity index (χ1v) is 11.7. The molecule has 0 radical (unpaired) electrons. The Hall–Kier alpha value is -2.93. The molecule has 3 aromatic rings. The van der Waals surface area contributed by atoms with E-state index in [1.807, 2.05) is 36.4 Å². The van der Waals surface area contributed by atoms with Gasteiger partial charge in [0, 0.05) is 6.26 Å². The lowest BCUT2D eigenvalue weighted by Crippen LogP contribution is -2.15. The molecule has 0 unspecified atom stereocenters. The minimum absolute atomic E-state index is 0.0497. The van der Waals surface area contributed by atoms with Crippen molar-refractivity contribution in [2.24, 2.45) is 0 Å². The van der Waals surface area contributed by atoms with Gasteiger partial charge >= 0.3 is 5.97 Å². The number of carbonyl (C=O) groups is 1. The number of benzene rings is 2. The fourth-order valence-corrected chi connectivity index (χ4v) is 3.81. The van der Waals surface area contributed by atoms with E-state index >= 15 is 0 Å². The zero-order chi connectivity index (χ0) is 21.9. The van der Waals surface area contributed by atoms with Crippen molar-refractivity contribution in [3.63, 3.8) is 0 Å². The van der Waals surface area contributed by atoms with Crippen molar-refractivity contribution in [2.75, 3.05) is 12.9 Å². The topological polar surface area (TPSA) is 78.3 Å². The highest BCUT2D eigenvalue weighted by molar-refractivity contribution is 7.90. The highest BCUT2D eigenvalue weighted by atomic mass is 32.2. The van der Waals surface area contributed by atoms with Crippen LogP contribution < -0.4 is 0 Å². The first-order chi connectivity index (χ1) is 14.2. The average molecular weight is 427 g/mol. The molecule has 0 aliphatic carbocycles. The second-order valence-corrected chi connectivity index (χ2v) is 9.46. The number of ether oxygens (including phenoxy) is 1.